The first-order valence-electron chi connectivity index (χ1n) is 9.56. The highest BCUT2D eigenvalue weighted by molar-refractivity contribution is 5.85. The number of aryl methyl sites for hydroxylation is 1. The first-order chi connectivity index (χ1) is 14.4. The van der Waals surface area contributed by atoms with Crippen LogP contribution in [0.5, 0.6) is 0 Å². The van der Waals surface area contributed by atoms with Crippen LogP contribution in [0.15, 0.2) is 48.1 Å². The van der Waals surface area contributed by atoms with Crippen molar-refractivity contribution in [1.29, 1.82) is 0 Å². The summed E-state index contributed by atoms with van der Waals surface area (Å²) in [5.74, 6) is -4.91. The van der Waals surface area contributed by atoms with Crippen LogP contribution in [0.1, 0.15) is 47.9 Å². The zero-order chi connectivity index (χ0) is 23.5. The number of ether oxygens (including phenoxy) is 1. The molecule has 1 saturated carbocycles. The highest BCUT2D eigenvalue weighted by Crippen LogP contribution is 2.45. The molecule has 1 fully saturated rings. The maximum absolute atomic E-state index is 15.0. The Morgan fingerprint density at radius 3 is 2.35 bits per heavy atom. The Labute approximate surface area is 176 Å². The van der Waals surface area contributed by atoms with E-state index >= 15 is 0 Å². The molecule has 0 heterocycles. The lowest BCUT2D eigenvalue weighted by Gasteiger charge is -2.18. The van der Waals surface area contributed by atoms with Crippen molar-refractivity contribution in [1.82, 2.24) is 0 Å². The van der Waals surface area contributed by atoms with Gasteiger partial charge >= 0.3 is 12.1 Å². The number of hydrogen-bond donors (Lipinski definition) is 0. The lowest BCUT2D eigenvalue weighted by atomic mass is 9.89. The third-order valence-electron chi connectivity index (χ3n) is 4.79. The summed E-state index contributed by atoms with van der Waals surface area (Å²) in [4.78, 5) is 11.3. The summed E-state index contributed by atoms with van der Waals surface area (Å²) in [5, 5.41) is 0. The third-order valence-corrected chi connectivity index (χ3v) is 4.79. The van der Waals surface area contributed by atoms with Crippen LogP contribution in [0, 0.1) is 19.7 Å². The lowest BCUT2D eigenvalue weighted by Crippen LogP contribution is -2.10. The summed E-state index contributed by atoms with van der Waals surface area (Å²) in [5.41, 5.74) is -1.86. The maximum atomic E-state index is 15.0. The SMILES string of the molecule is C=C(\C=C(/C(F)=C(F)/C=C\C(=O)OCC)c1c(C)cc(C2CC2)c(F)c1C)C(F)(F)F. The zero-order valence-corrected chi connectivity index (χ0v) is 17.3. The molecule has 0 aliphatic heterocycles. The van der Waals surface area contributed by atoms with Crippen molar-refractivity contribution in [2.45, 2.75) is 45.7 Å². The van der Waals surface area contributed by atoms with Crippen molar-refractivity contribution in [2.24, 2.45) is 0 Å². The average molecular weight is 444 g/mol. The molecule has 0 atom stereocenters. The molecule has 0 bridgehead atoms. The summed E-state index contributed by atoms with van der Waals surface area (Å²) in [6, 6.07) is 1.44. The van der Waals surface area contributed by atoms with Crippen LogP contribution in [0.3, 0.4) is 0 Å². The van der Waals surface area contributed by atoms with Crippen LogP contribution in [-0.2, 0) is 9.53 Å². The van der Waals surface area contributed by atoms with Gasteiger partial charge in [-0.05, 0) is 73.9 Å². The van der Waals surface area contributed by atoms with Gasteiger partial charge in [-0.3, -0.25) is 0 Å². The highest BCUT2D eigenvalue weighted by Gasteiger charge is 2.33. The number of rotatable bonds is 7. The van der Waals surface area contributed by atoms with Crippen LogP contribution in [0.4, 0.5) is 26.3 Å². The second-order valence-corrected chi connectivity index (χ2v) is 7.20. The first-order valence-corrected chi connectivity index (χ1v) is 9.56. The standard InChI is InChI=1S/C23H22F6O2/c1-5-31-19(30)9-8-18(24)22(26)17(11-13(3)23(27,28)29)20-12(2)10-16(15-6-7-15)21(25)14(20)4/h8-11,15H,3,5-7H2,1-2,4H3/b9-8-,17-11-,22-18+. The second-order valence-electron chi connectivity index (χ2n) is 7.20. The number of alkyl halides is 3. The van der Waals surface area contributed by atoms with Crippen molar-refractivity contribution in [3.63, 3.8) is 0 Å². The summed E-state index contributed by atoms with van der Waals surface area (Å²) in [6.45, 7) is 7.16. The Morgan fingerprint density at radius 1 is 1.23 bits per heavy atom. The molecule has 0 spiro atoms. The Balaban J connectivity index is 2.66. The van der Waals surface area contributed by atoms with Gasteiger partial charge in [0.1, 0.15) is 5.82 Å². The van der Waals surface area contributed by atoms with Gasteiger partial charge in [0.15, 0.2) is 11.7 Å². The van der Waals surface area contributed by atoms with Crippen LogP contribution in [0.2, 0.25) is 0 Å². The molecule has 168 valence electrons. The van der Waals surface area contributed by atoms with Crippen LogP contribution < -0.4 is 0 Å². The number of hydrogen-bond acceptors (Lipinski definition) is 2. The molecule has 1 aliphatic rings. The average Bonchev–Trinajstić information content (AvgIpc) is 3.52. The van der Waals surface area contributed by atoms with Crippen LogP contribution in [0.25, 0.3) is 5.57 Å². The number of carbonyl (C=O) groups is 1. The van der Waals surface area contributed by atoms with Gasteiger partial charge in [0, 0.05) is 17.2 Å². The van der Waals surface area contributed by atoms with E-state index in [2.05, 4.69) is 11.3 Å². The van der Waals surface area contributed by atoms with E-state index in [0.29, 0.717) is 29.4 Å². The smallest absolute Gasteiger partial charge is 0.415 e. The lowest BCUT2D eigenvalue weighted by molar-refractivity contribution is -0.137. The van der Waals surface area contributed by atoms with E-state index in [9.17, 15) is 31.1 Å². The predicted molar refractivity (Wildman–Crippen MR) is 106 cm³/mol. The molecular formula is C23H22F6O2. The Bertz CT molecular complexity index is 979. The molecule has 2 rings (SSSR count). The van der Waals surface area contributed by atoms with Crippen molar-refractivity contribution >= 4 is 11.5 Å². The van der Waals surface area contributed by atoms with Crippen molar-refractivity contribution in [3.05, 3.63) is 76.2 Å². The number of carbonyl (C=O) groups excluding carboxylic acids is 1. The number of benzene rings is 1. The van der Waals surface area contributed by atoms with Gasteiger partial charge in [-0.2, -0.15) is 13.2 Å². The van der Waals surface area contributed by atoms with Gasteiger partial charge in [0.25, 0.3) is 0 Å². The maximum Gasteiger partial charge on any atom is 0.415 e. The van der Waals surface area contributed by atoms with Gasteiger partial charge in [-0.15, -0.1) is 0 Å². The van der Waals surface area contributed by atoms with Gasteiger partial charge in [0.2, 0.25) is 0 Å². The zero-order valence-electron chi connectivity index (χ0n) is 17.3. The molecule has 2 nitrogen and oxygen atoms in total. The fraction of sp³-hybridized carbons (Fsp3) is 0.348. The minimum Gasteiger partial charge on any atom is -0.463 e. The van der Waals surface area contributed by atoms with Crippen LogP contribution in [-0.4, -0.2) is 18.8 Å². The van der Waals surface area contributed by atoms with E-state index in [0.717, 1.165) is 12.8 Å². The summed E-state index contributed by atoms with van der Waals surface area (Å²) in [7, 11) is 0. The summed E-state index contributed by atoms with van der Waals surface area (Å²) < 4.78 is 88.1. The van der Waals surface area contributed by atoms with Gasteiger partial charge in [0.05, 0.1) is 6.61 Å². The molecule has 31 heavy (non-hydrogen) atoms. The van der Waals surface area contributed by atoms with Crippen molar-refractivity contribution < 1.29 is 35.9 Å². The Kier molecular flexibility index (Phi) is 7.57. The second kappa shape index (κ2) is 9.58. The molecule has 0 amide bonds. The largest absolute Gasteiger partial charge is 0.463 e. The fourth-order valence-electron chi connectivity index (χ4n) is 3.13. The van der Waals surface area contributed by atoms with Gasteiger partial charge in [-0.1, -0.05) is 12.6 Å². The third kappa shape index (κ3) is 5.89. The molecule has 1 aromatic carbocycles. The molecule has 0 N–H and O–H groups in total. The van der Waals surface area contributed by atoms with E-state index in [1.165, 1.54) is 26.8 Å². The van der Waals surface area contributed by atoms with Gasteiger partial charge < -0.3 is 4.74 Å². The minimum absolute atomic E-state index is 0.00143. The molecular weight excluding hydrogens is 422 g/mol. The van der Waals surface area contributed by atoms with Gasteiger partial charge in [-0.25, -0.2) is 18.0 Å². The van der Waals surface area contributed by atoms with Crippen molar-refractivity contribution in [2.75, 3.05) is 6.61 Å². The molecule has 0 aromatic heterocycles. The molecule has 0 radical (unpaired) electrons. The number of esters is 1. The Hall–Kier alpha value is -2.77. The topological polar surface area (TPSA) is 26.3 Å². The van der Waals surface area contributed by atoms with E-state index in [4.69, 9.17) is 0 Å². The molecule has 0 unspecified atom stereocenters. The summed E-state index contributed by atoms with van der Waals surface area (Å²) >= 11 is 0. The quantitative estimate of drug-likeness (QED) is 0.194. The predicted octanol–water partition coefficient (Wildman–Crippen LogP) is 7.09. The van der Waals surface area contributed by atoms with E-state index in [1.54, 1.807) is 0 Å². The fourth-order valence-corrected chi connectivity index (χ4v) is 3.13. The van der Waals surface area contributed by atoms with Crippen molar-refractivity contribution in [3.8, 4) is 0 Å². The summed E-state index contributed by atoms with van der Waals surface area (Å²) in [6.07, 6.45) is -1.97. The minimum atomic E-state index is -4.91. The molecule has 1 aliphatic carbocycles. The Morgan fingerprint density at radius 2 is 1.84 bits per heavy atom. The number of halogens is 6. The molecule has 0 saturated heterocycles. The first kappa shape index (κ1) is 24.5. The van der Waals surface area contributed by atoms with Crippen LogP contribution >= 0.6 is 0 Å². The molecule has 8 heteroatoms. The normalized spacial score (nSPS) is 15.8. The van der Waals surface area contributed by atoms with E-state index in [-0.39, 0.29) is 23.7 Å². The molecule has 1 aromatic rings. The van der Waals surface area contributed by atoms with E-state index < -0.39 is 40.8 Å². The highest BCUT2D eigenvalue weighted by atomic mass is 19.4. The van der Waals surface area contributed by atoms with E-state index in [1.807, 2.05) is 0 Å². The number of allylic oxidation sites excluding steroid dienone is 6. The monoisotopic (exact) mass is 444 g/mol.